The second-order valence-corrected chi connectivity index (χ2v) is 11.6. The zero-order chi connectivity index (χ0) is 19.8. The number of benzene rings is 1. The van der Waals surface area contributed by atoms with Gasteiger partial charge in [0.1, 0.15) is 18.5 Å². The summed E-state index contributed by atoms with van der Waals surface area (Å²) in [5.41, 5.74) is 1.25. The molecule has 150 valence electrons. The van der Waals surface area contributed by atoms with E-state index in [-0.39, 0.29) is 36.4 Å². The Labute approximate surface area is 160 Å². The molecule has 27 heavy (non-hydrogen) atoms. The molecule has 0 spiro atoms. The maximum Gasteiger partial charge on any atom is 0.414 e. The van der Waals surface area contributed by atoms with Gasteiger partial charge in [0.05, 0.1) is 12.6 Å². The molecule has 1 N–H and O–H groups in total. The number of cyclic esters (lactones) is 1. The molecule has 1 unspecified atom stereocenters. The smallest absolute Gasteiger partial charge is 0.414 e. The molecule has 1 aromatic carbocycles. The Morgan fingerprint density at radius 2 is 2.19 bits per heavy atom. The highest BCUT2D eigenvalue weighted by atomic mass is 28.4. The van der Waals surface area contributed by atoms with E-state index >= 15 is 0 Å². The van der Waals surface area contributed by atoms with Gasteiger partial charge in [0.25, 0.3) is 0 Å². The molecule has 4 atom stereocenters. The lowest BCUT2D eigenvalue weighted by Gasteiger charge is -2.43. The van der Waals surface area contributed by atoms with Gasteiger partial charge in [-0.15, -0.1) is 0 Å². The van der Waals surface area contributed by atoms with E-state index in [4.69, 9.17) is 14.2 Å². The Kier molecular flexibility index (Phi) is 5.78. The quantitative estimate of drug-likeness (QED) is 0.586. The molecule has 0 radical (unpaired) electrons. The van der Waals surface area contributed by atoms with Crippen LogP contribution in [0.1, 0.15) is 25.0 Å². The van der Waals surface area contributed by atoms with Crippen molar-refractivity contribution in [2.24, 2.45) is 5.92 Å². The number of nitrogens with zero attached hydrogens (tertiary/aromatic N) is 1. The number of rotatable bonds is 6. The van der Waals surface area contributed by atoms with E-state index in [0.29, 0.717) is 25.3 Å². The molecule has 1 fully saturated rings. The molecule has 2 aliphatic heterocycles. The van der Waals surface area contributed by atoms with Crippen LogP contribution in [0.15, 0.2) is 18.2 Å². The fourth-order valence-electron chi connectivity index (χ4n) is 4.20. The maximum absolute atomic E-state index is 15.0. The first-order chi connectivity index (χ1) is 12.8. The van der Waals surface area contributed by atoms with Gasteiger partial charge in [-0.3, -0.25) is 4.90 Å². The van der Waals surface area contributed by atoms with Crippen molar-refractivity contribution < 1.29 is 28.2 Å². The standard InChI is InChI=1S/C19H28FNO5Si/c1-12-17(24-2)14-11-13(21-8-10-25-19(21)23)5-6-15(14)26-18(12)16(7-9-22)27(3,4)20/h5-6,11-12,16-18,22H,7-10H2,1-4H3/t12-,16?,17-,18-/m0/s1. The van der Waals surface area contributed by atoms with E-state index < -0.39 is 8.41 Å². The Morgan fingerprint density at radius 3 is 2.74 bits per heavy atom. The van der Waals surface area contributed by atoms with Gasteiger partial charge in [-0.1, -0.05) is 6.92 Å². The topological polar surface area (TPSA) is 68.2 Å². The highest BCUT2D eigenvalue weighted by Crippen LogP contribution is 2.48. The lowest BCUT2D eigenvalue weighted by Crippen LogP contribution is -2.46. The number of ether oxygens (including phenoxy) is 3. The molecule has 0 saturated carbocycles. The van der Waals surface area contributed by atoms with Crippen LogP contribution in [0.25, 0.3) is 0 Å². The molecule has 0 bridgehead atoms. The predicted molar refractivity (Wildman–Crippen MR) is 103 cm³/mol. The predicted octanol–water partition coefficient (Wildman–Crippen LogP) is 3.66. The van der Waals surface area contributed by atoms with Crippen molar-refractivity contribution in [3.8, 4) is 5.75 Å². The summed E-state index contributed by atoms with van der Waals surface area (Å²) in [6.07, 6.45) is -0.646. The van der Waals surface area contributed by atoms with E-state index in [9.17, 15) is 14.0 Å². The van der Waals surface area contributed by atoms with Crippen LogP contribution in [0.3, 0.4) is 0 Å². The lowest BCUT2D eigenvalue weighted by atomic mass is 9.86. The number of aliphatic hydroxyl groups excluding tert-OH is 1. The van der Waals surface area contributed by atoms with E-state index in [2.05, 4.69) is 0 Å². The van der Waals surface area contributed by atoms with Gasteiger partial charge in [0, 0.05) is 36.4 Å². The third-order valence-corrected chi connectivity index (χ3v) is 7.98. The Morgan fingerprint density at radius 1 is 1.44 bits per heavy atom. The summed E-state index contributed by atoms with van der Waals surface area (Å²) in [6, 6.07) is 5.51. The molecule has 3 rings (SSSR count). The van der Waals surface area contributed by atoms with Crippen molar-refractivity contribution in [3.05, 3.63) is 23.8 Å². The number of carbonyl (C=O) groups excluding carboxylic acids is 1. The van der Waals surface area contributed by atoms with Crippen LogP contribution in [0.5, 0.6) is 5.75 Å². The number of anilines is 1. The second-order valence-electron chi connectivity index (χ2n) is 7.77. The number of amides is 1. The summed E-state index contributed by atoms with van der Waals surface area (Å²) >= 11 is 0. The second kappa shape index (κ2) is 7.77. The summed E-state index contributed by atoms with van der Waals surface area (Å²) < 4.78 is 32.0. The van der Waals surface area contributed by atoms with Gasteiger partial charge >= 0.3 is 6.09 Å². The SMILES string of the molecule is CO[C@@H]1c2cc(N3CCOC3=O)ccc2O[C@H](C(CCO)[Si](C)(C)F)[C@H]1C. The normalized spacial score (nSPS) is 26.4. The van der Waals surface area contributed by atoms with Gasteiger partial charge in [-0.2, -0.15) is 0 Å². The minimum atomic E-state index is -3.05. The molecule has 8 heteroatoms. The lowest BCUT2D eigenvalue weighted by molar-refractivity contribution is -0.0250. The number of fused-ring (bicyclic) bond motifs is 1. The number of hydrogen-bond acceptors (Lipinski definition) is 5. The van der Waals surface area contributed by atoms with Crippen LogP contribution >= 0.6 is 0 Å². The Bertz CT molecular complexity index is 695. The first-order valence-electron chi connectivity index (χ1n) is 9.35. The molecular formula is C19H28FNO5Si. The number of carbonyl (C=O) groups is 1. The van der Waals surface area contributed by atoms with Crippen molar-refractivity contribution in [1.82, 2.24) is 0 Å². The largest absolute Gasteiger partial charge is 0.490 e. The summed E-state index contributed by atoms with van der Waals surface area (Å²) in [5, 5.41) is 9.44. The summed E-state index contributed by atoms with van der Waals surface area (Å²) in [5.74, 6) is 0.546. The van der Waals surface area contributed by atoms with Crippen LogP contribution in [0.4, 0.5) is 14.6 Å². The third kappa shape index (κ3) is 3.83. The van der Waals surface area contributed by atoms with Crippen LogP contribution in [0.2, 0.25) is 18.6 Å². The van der Waals surface area contributed by atoms with Gasteiger partial charge in [0.2, 0.25) is 8.41 Å². The molecule has 1 aromatic rings. The zero-order valence-electron chi connectivity index (χ0n) is 16.3. The van der Waals surface area contributed by atoms with E-state index in [1.165, 1.54) is 0 Å². The Hall–Kier alpha value is -1.64. The molecule has 2 aliphatic rings. The highest BCUT2D eigenvalue weighted by Gasteiger charge is 2.47. The minimum absolute atomic E-state index is 0.0713. The van der Waals surface area contributed by atoms with E-state index in [0.717, 1.165) is 11.3 Å². The number of methoxy groups -OCH3 is 1. The molecular weight excluding hydrogens is 369 g/mol. The molecule has 0 aliphatic carbocycles. The number of hydrogen-bond donors (Lipinski definition) is 1. The van der Waals surface area contributed by atoms with Crippen LogP contribution in [0, 0.1) is 5.92 Å². The number of halogens is 1. The van der Waals surface area contributed by atoms with Crippen LogP contribution in [-0.2, 0) is 9.47 Å². The fourth-order valence-corrected chi connectivity index (χ4v) is 6.17. The van der Waals surface area contributed by atoms with E-state index in [1.807, 2.05) is 25.1 Å². The minimum Gasteiger partial charge on any atom is -0.490 e. The average Bonchev–Trinajstić information content (AvgIpc) is 3.04. The zero-order valence-corrected chi connectivity index (χ0v) is 17.3. The average molecular weight is 398 g/mol. The first kappa shape index (κ1) is 20.1. The number of aliphatic hydroxyl groups is 1. The van der Waals surface area contributed by atoms with Crippen molar-refractivity contribution in [1.29, 1.82) is 0 Å². The molecule has 1 amide bonds. The third-order valence-electron chi connectivity index (χ3n) is 5.60. The van der Waals surface area contributed by atoms with Crippen LogP contribution < -0.4 is 9.64 Å². The summed E-state index contributed by atoms with van der Waals surface area (Å²) in [6.45, 7) is 6.11. The van der Waals surface area contributed by atoms with Crippen molar-refractivity contribution in [2.45, 2.75) is 44.2 Å². The van der Waals surface area contributed by atoms with Crippen LogP contribution in [-0.4, -0.2) is 52.6 Å². The highest BCUT2D eigenvalue weighted by molar-refractivity contribution is 6.72. The fraction of sp³-hybridized carbons (Fsp3) is 0.632. The molecule has 0 aromatic heterocycles. The molecule has 2 heterocycles. The van der Waals surface area contributed by atoms with Crippen molar-refractivity contribution in [2.75, 3.05) is 31.8 Å². The Balaban J connectivity index is 1.95. The maximum atomic E-state index is 15.0. The summed E-state index contributed by atoms with van der Waals surface area (Å²) in [4.78, 5) is 13.4. The van der Waals surface area contributed by atoms with E-state index in [1.54, 1.807) is 25.1 Å². The van der Waals surface area contributed by atoms with Crippen molar-refractivity contribution in [3.63, 3.8) is 0 Å². The first-order valence-corrected chi connectivity index (χ1v) is 12.3. The van der Waals surface area contributed by atoms with Gasteiger partial charge in [-0.25, -0.2) is 4.79 Å². The van der Waals surface area contributed by atoms with Crippen molar-refractivity contribution >= 4 is 20.2 Å². The summed E-state index contributed by atoms with van der Waals surface area (Å²) in [7, 11) is -1.42. The van der Waals surface area contributed by atoms with Gasteiger partial charge in [-0.05, 0) is 37.7 Å². The monoisotopic (exact) mass is 397 g/mol. The molecule has 6 nitrogen and oxygen atoms in total. The van der Waals surface area contributed by atoms with Gasteiger partial charge < -0.3 is 23.4 Å². The molecule has 1 saturated heterocycles. The van der Waals surface area contributed by atoms with Gasteiger partial charge in [0.15, 0.2) is 0 Å².